The highest BCUT2D eigenvalue weighted by Gasteiger charge is 2.23. The Hall–Kier alpha value is -2.26. The van der Waals surface area contributed by atoms with Crippen molar-refractivity contribution in [2.24, 2.45) is 12.2 Å². The molecule has 3 rings (SSSR count). The summed E-state index contributed by atoms with van der Waals surface area (Å²) in [5.41, 5.74) is 1.51. The highest BCUT2D eigenvalue weighted by Crippen LogP contribution is 2.27. The van der Waals surface area contributed by atoms with E-state index in [-0.39, 0.29) is 5.16 Å². The SMILES string of the molecule is CCn1c(-c2nn(C)c3ccccc23)nnc1S(N)(=O)=O. The summed E-state index contributed by atoms with van der Waals surface area (Å²) in [6.07, 6.45) is 0. The monoisotopic (exact) mass is 306 g/mol. The molecule has 110 valence electrons. The number of rotatable bonds is 3. The highest BCUT2D eigenvalue weighted by atomic mass is 32.2. The Morgan fingerprint density at radius 3 is 2.62 bits per heavy atom. The molecule has 0 saturated heterocycles. The molecule has 0 radical (unpaired) electrons. The molecule has 0 aliphatic heterocycles. The fraction of sp³-hybridized carbons (Fsp3) is 0.250. The fourth-order valence-electron chi connectivity index (χ4n) is 2.34. The van der Waals surface area contributed by atoms with E-state index in [9.17, 15) is 8.42 Å². The summed E-state index contributed by atoms with van der Waals surface area (Å²) >= 11 is 0. The molecule has 2 heterocycles. The van der Waals surface area contributed by atoms with E-state index >= 15 is 0 Å². The molecule has 0 saturated carbocycles. The van der Waals surface area contributed by atoms with Gasteiger partial charge >= 0.3 is 0 Å². The summed E-state index contributed by atoms with van der Waals surface area (Å²) in [7, 11) is -2.11. The number of aromatic nitrogens is 5. The van der Waals surface area contributed by atoms with Crippen LogP contribution in [0.3, 0.4) is 0 Å². The molecule has 3 aromatic rings. The number of nitrogens with zero attached hydrogens (tertiary/aromatic N) is 5. The Morgan fingerprint density at radius 1 is 1.24 bits per heavy atom. The van der Waals surface area contributed by atoms with E-state index in [0.29, 0.717) is 18.1 Å². The number of primary sulfonamides is 1. The molecular formula is C12H14N6O2S. The Labute approximate surface area is 121 Å². The Balaban J connectivity index is 2.32. The molecule has 0 atom stereocenters. The van der Waals surface area contributed by atoms with Gasteiger partial charge in [0.15, 0.2) is 5.82 Å². The molecule has 0 spiro atoms. The molecule has 8 nitrogen and oxygen atoms in total. The Morgan fingerprint density at radius 2 is 1.95 bits per heavy atom. The molecule has 0 amide bonds. The predicted molar refractivity (Wildman–Crippen MR) is 76.8 cm³/mol. The summed E-state index contributed by atoms with van der Waals surface area (Å²) in [6.45, 7) is 2.17. The lowest BCUT2D eigenvalue weighted by Crippen LogP contribution is -2.18. The number of sulfonamides is 1. The molecule has 0 unspecified atom stereocenters. The molecule has 1 aromatic carbocycles. The third kappa shape index (κ3) is 2.10. The molecule has 0 bridgehead atoms. The zero-order valence-corrected chi connectivity index (χ0v) is 12.4. The van der Waals surface area contributed by atoms with Crippen LogP contribution >= 0.6 is 0 Å². The first-order valence-electron chi connectivity index (χ1n) is 6.31. The number of hydrogen-bond acceptors (Lipinski definition) is 5. The van der Waals surface area contributed by atoms with Gasteiger partial charge in [-0.25, -0.2) is 13.6 Å². The zero-order valence-electron chi connectivity index (χ0n) is 11.6. The van der Waals surface area contributed by atoms with Crippen LogP contribution in [0.2, 0.25) is 0 Å². The van der Waals surface area contributed by atoms with Gasteiger partial charge in [0, 0.05) is 19.0 Å². The number of fused-ring (bicyclic) bond motifs is 1. The topological polar surface area (TPSA) is 109 Å². The van der Waals surface area contributed by atoms with Crippen molar-refractivity contribution in [2.45, 2.75) is 18.6 Å². The van der Waals surface area contributed by atoms with E-state index in [1.807, 2.05) is 31.3 Å². The number of nitrogens with two attached hydrogens (primary N) is 1. The first-order valence-corrected chi connectivity index (χ1v) is 7.86. The maximum Gasteiger partial charge on any atom is 0.273 e. The molecule has 0 aliphatic carbocycles. The largest absolute Gasteiger partial charge is 0.296 e. The van der Waals surface area contributed by atoms with Crippen molar-refractivity contribution in [1.82, 2.24) is 24.5 Å². The van der Waals surface area contributed by atoms with Crippen molar-refractivity contribution in [1.29, 1.82) is 0 Å². The third-order valence-electron chi connectivity index (χ3n) is 3.26. The van der Waals surface area contributed by atoms with Crippen molar-refractivity contribution in [3.63, 3.8) is 0 Å². The molecule has 2 N–H and O–H groups in total. The molecule has 2 aromatic heterocycles. The van der Waals surface area contributed by atoms with Crippen LogP contribution in [-0.4, -0.2) is 33.0 Å². The maximum atomic E-state index is 11.6. The minimum atomic E-state index is -3.92. The second-order valence-electron chi connectivity index (χ2n) is 4.58. The number of para-hydroxylation sites is 1. The Bertz CT molecular complexity index is 925. The van der Waals surface area contributed by atoms with Crippen LogP contribution in [0, 0.1) is 0 Å². The van der Waals surface area contributed by atoms with E-state index in [4.69, 9.17) is 5.14 Å². The summed E-state index contributed by atoms with van der Waals surface area (Å²) < 4.78 is 26.3. The van der Waals surface area contributed by atoms with E-state index in [1.165, 1.54) is 4.57 Å². The smallest absolute Gasteiger partial charge is 0.273 e. The van der Waals surface area contributed by atoms with Gasteiger partial charge in [0.2, 0.25) is 0 Å². The van der Waals surface area contributed by atoms with Crippen molar-refractivity contribution < 1.29 is 8.42 Å². The van der Waals surface area contributed by atoms with Crippen LogP contribution < -0.4 is 5.14 Å². The molecule has 9 heteroatoms. The van der Waals surface area contributed by atoms with Gasteiger partial charge in [0.25, 0.3) is 15.2 Å². The van der Waals surface area contributed by atoms with Crippen molar-refractivity contribution >= 4 is 20.9 Å². The first-order chi connectivity index (χ1) is 9.93. The molecular weight excluding hydrogens is 292 g/mol. The van der Waals surface area contributed by atoms with Crippen molar-refractivity contribution in [3.05, 3.63) is 24.3 Å². The van der Waals surface area contributed by atoms with E-state index in [2.05, 4.69) is 15.3 Å². The van der Waals surface area contributed by atoms with Gasteiger partial charge in [0.1, 0.15) is 5.69 Å². The summed E-state index contributed by atoms with van der Waals surface area (Å²) in [4.78, 5) is 0. The van der Waals surface area contributed by atoms with Crippen LogP contribution in [0.4, 0.5) is 0 Å². The molecule has 21 heavy (non-hydrogen) atoms. The van der Waals surface area contributed by atoms with Gasteiger partial charge < -0.3 is 0 Å². The summed E-state index contributed by atoms with van der Waals surface area (Å²) in [5, 5.41) is 17.9. The standard InChI is InChI=1S/C12H14N6O2S/c1-3-18-11(14-15-12(18)21(13,19)20)10-8-6-4-5-7-9(8)17(2)16-10/h4-7H,3H2,1-2H3,(H2,13,19,20). The average molecular weight is 306 g/mol. The van der Waals surface area contributed by atoms with Crippen LogP contribution in [0.5, 0.6) is 0 Å². The van der Waals surface area contributed by atoms with Gasteiger partial charge in [-0.1, -0.05) is 18.2 Å². The van der Waals surface area contributed by atoms with Crippen molar-refractivity contribution in [2.75, 3.05) is 0 Å². The van der Waals surface area contributed by atoms with Crippen LogP contribution in [0.25, 0.3) is 22.4 Å². The van der Waals surface area contributed by atoms with Crippen molar-refractivity contribution in [3.8, 4) is 11.5 Å². The van der Waals surface area contributed by atoms with Gasteiger partial charge in [-0.3, -0.25) is 9.25 Å². The number of aryl methyl sites for hydroxylation is 1. The van der Waals surface area contributed by atoms with Gasteiger partial charge in [-0.15, -0.1) is 10.2 Å². The molecule has 0 fully saturated rings. The van der Waals surface area contributed by atoms with Gasteiger partial charge in [-0.05, 0) is 13.0 Å². The number of hydrogen-bond donors (Lipinski definition) is 1. The second kappa shape index (κ2) is 4.64. The molecule has 0 aliphatic rings. The maximum absolute atomic E-state index is 11.6. The second-order valence-corrected chi connectivity index (χ2v) is 6.04. The first kappa shape index (κ1) is 13.7. The van der Waals surface area contributed by atoms with Crippen LogP contribution in [0.15, 0.2) is 29.4 Å². The number of benzene rings is 1. The van der Waals surface area contributed by atoms with E-state index in [0.717, 1.165) is 10.9 Å². The minimum absolute atomic E-state index is 0.255. The Kier molecular flexibility index (Phi) is 3.03. The third-order valence-corrected chi connectivity index (χ3v) is 4.07. The summed E-state index contributed by atoms with van der Waals surface area (Å²) in [5.74, 6) is 0.387. The normalized spacial score (nSPS) is 12.1. The van der Waals surface area contributed by atoms with E-state index in [1.54, 1.807) is 11.6 Å². The average Bonchev–Trinajstić information content (AvgIpc) is 3.00. The predicted octanol–water partition coefficient (Wildman–Crippen LogP) is 0.499. The zero-order chi connectivity index (χ0) is 15.2. The quantitative estimate of drug-likeness (QED) is 0.758. The van der Waals surface area contributed by atoms with Gasteiger partial charge in [-0.2, -0.15) is 5.10 Å². The van der Waals surface area contributed by atoms with Crippen LogP contribution in [0.1, 0.15) is 6.92 Å². The van der Waals surface area contributed by atoms with E-state index < -0.39 is 10.0 Å². The van der Waals surface area contributed by atoms with Crippen LogP contribution in [-0.2, 0) is 23.6 Å². The fourth-order valence-corrected chi connectivity index (χ4v) is 3.02. The lowest BCUT2D eigenvalue weighted by molar-refractivity contribution is 0.570. The minimum Gasteiger partial charge on any atom is -0.296 e. The summed E-state index contributed by atoms with van der Waals surface area (Å²) in [6, 6.07) is 7.64. The lowest BCUT2D eigenvalue weighted by atomic mass is 10.2. The van der Waals surface area contributed by atoms with Gasteiger partial charge in [0.05, 0.1) is 5.52 Å². The lowest BCUT2D eigenvalue weighted by Gasteiger charge is -2.04. The highest BCUT2D eigenvalue weighted by molar-refractivity contribution is 7.89.